The Hall–Kier alpha value is -2.24. The summed E-state index contributed by atoms with van der Waals surface area (Å²) in [5.41, 5.74) is 2.44. The van der Waals surface area contributed by atoms with Gasteiger partial charge in [0.25, 0.3) is 0 Å². The minimum atomic E-state index is -0.124. The van der Waals surface area contributed by atoms with Crippen LogP contribution in [0.15, 0.2) is 42.5 Å². The van der Waals surface area contributed by atoms with Gasteiger partial charge in [0.2, 0.25) is 11.8 Å². The highest BCUT2D eigenvalue weighted by Gasteiger charge is 2.04. The van der Waals surface area contributed by atoms with Gasteiger partial charge in [0.15, 0.2) is 0 Å². The standard InChI is InChI=1S/C18H19Cl2N3O2/c1-12(24)23-16-6-4-15(5-7-16)22-11-18(25)21-9-8-13-2-3-14(19)10-17(13)20/h2-7,10,22H,8-9,11H2,1H3,(H,21,25)(H,23,24). The average molecular weight is 380 g/mol. The first kappa shape index (κ1) is 19.1. The summed E-state index contributed by atoms with van der Waals surface area (Å²) in [4.78, 5) is 22.8. The maximum absolute atomic E-state index is 11.9. The Kier molecular flexibility index (Phi) is 7.10. The predicted molar refractivity (Wildman–Crippen MR) is 102 cm³/mol. The van der Waals surface area contributed by atoms with Crippen molar-refractivity contribution in [3.05, 3.63) is 58.1 Å². The van der Waals surface area contributed by atoms with Gasteiger partial charge in [-0.2, -0.15) is 0 Å². The summed E-state index contributed by atoms with van der Waals surface area (Å²) in [5.74, 6) is -0.239. The number of rotatable bonds is 7. The topological polar surface area (TPSA) is 70.2 Å². The molecule has 0 fully saturated rings. The molecule has 25 heavy (non-hydrogen) atoms. The molecule has 5 nitrogen and oxygen atoms in total. The normalized spacial score (nSPS) is 10.2. The fourth-order valence-electron chi connectivity index (χ4n) is 2.18. The molecule has 0 aliphatic carbocycles. The molecule has 0 aliphatic heterocycles. The molecule has 0 aliphatic rings. The zero-order valence-corrected chi connectivity index (χ0v) is 15.2. The van der Waals surface area contributed by atoms with Gasteiger partial charge < -0.3 is 16.0 Å². The SMILES string of the molecule is CC(=O)Nc1ccc(NCC(=O)NCCc2ccc(Cl)cc2Cl)cc1. The highest BCUT2D eigenvalue weighted by atomic mass is 35.5. The van der Waals surface area contributed by atoms with Crippen LogP contribution in [-0.2, 0) is 16.0 Å². The number of anilines is 2. The minimum absolute atomic E-state index is 0.115. The predicted octanol–water partition coefficient (Wildman–Crippen LogP) is 3.72. The second kappa shape index (κ2) is 9.30. The maximum Gasteiger partial charge on any atom is 0.239 e. The van der Waals surface area contributed by atoms with Gasteiger partial charge in [0.1, 0.15) is 0 Å². The molecular formula is C18H19Cl2N3O2. The smallest absolute Gasteiger partial charge is 0.239 e. The number of hydrogen-bond donors (Lipinski definition) is 3. The van der Waals surface area contributed by atoms with E-state index in [1.165, 1.54) is 6.92 Å². The Morgan fingerprint density at radius 2 is 1.68 bits per heavy atom. The van der Waals surface area contributed by atoms with E-state index in [4.69, 9.17) is 23.2 Å². The summed E-state index contributed by atoms with van der Waals surface area (Å²) < 4.78 is 0. The van der Waals surface area contributed by atoms with Crippen LogP contribution in [0.3, 0.4) is 0 Å². The number of hydrogen-bond acceptors (Lipinski definition) is 3. The molecule has 0 atom stereocenters. The van der Waals surface area contributed by atoms with Gasteiger partial charge in [-0.05, 0) is 48.4 Å². The maximum atomic E-state index is 11.9. The van der Waals surface area contributed by atoms with E-state index >= 15 is 0 Å². The molecule has 0 radical (unpaired) electrons. The first-order chi connectivity index (χ1) is 11.9. The summed E-state index contributed by atoms with van der Waals surface area (Å²) in [6.45, 7) is 2.10. The van der Waals surface area contributed by atoms with E-state index in [9.17, 15) is 9.59 Å². The van der Waals surface area contributed by atoms with Crippen molar-refractivity contribution in [3.63, 3.8) is 0 Å². The van der Waals surface area contributed by atoms with E-state index in [0.717, 1.165) is 11.3 Å². The highest BCUT2D eigenvalue weighted by Crippen LogP contribution is 2.21. The van der Waals surface area contributed by atoms with Crippen molar-refractivity contribution in [1.82, 2.24) is 5.32 Å². The Labute approximate surface area is 156 Å². The lowest BCUT2D eigenvalue weighted by atomic mass is 10.1. The molecule has 0 aromatic heterocycles. The molecule has 2 rings (SSSR count). The van der Waals surface area contributed by atoms with Gasteiger partial charge in [-0.3, -0.25) is 9.59 Å². The fraction of sp³-hybridized carbons (Fsp3) is 0.222. The number of benzene rings is 2. The van der Waals surface area contributed by atoms with Gasteiger partial charge in [-0.15, -0.1) is 0 Å². The number of carbonyl (C=O) groups excluding carboxylic acids is 2. The van der Waals surface area contributed by atoms with E-state index in [2.05, 4.69) is 16.0 Å². The lowest BCUT2D eigenvalue weighted by Gasteiger charge is -2.09. The van der Waals surface area contributed by atoms with Crippen LogP contribution in [-0.4, -0.2) is 24.9 Å². The van der Waals surface area contributed by atoms with Crippen LogP contribution in [0, 0.1) is 0 Å². The van der Waals surface area contributed by atoms with Crippen molar-refractivity contribution in [2.24, 2.45) is 0 Å². The molecule has 0 heterocycles. The number of amides is 2. The van der Waals surface area contributed by atoms with Crippen molar-refractivity contribution >= 4 is 46.4 Å². The summed E-state index contributed by atoms with van der Waals surface area (Å²) in [6, 6.07) is 12.4. The van der Waals surface area contributed by atoms with Crippen molar-refractivity contribution < 1.29 is 9.59 Å². The summed E-state index contributed by atoms with van der Waals surface area (Å²) in [6.07, 6.45) is 0.632. The molecule has 2 amide bonds. The molecule has 0 spiro atoms. The van der Waals surface area contributed by atoms with Crippen LogP contribution < -0.4 is 16.0 Å². The van der Waals surface area contributed by atoms with Gasteiger partial charge in [-0.25, -0.2) is 0 Å². The van der Waals surface area contributed by atoms with E-state index in [0.29, 0.717) is 28.7 Å². The molecule has 2 aromatic rings. The zero-order valence-electron chi connectivity index (χ0n) is 13.7. The van der Waals surface area contributed by atoms with Gasteiger partial charge >= 0.3 is 0 Å². The Morgan fingerprint density at radius 1 is 1.00 bits per heavy atom. The van der Waals surface area contributed by atoms with E-state index in [-0.39, 0.29) is 18.4 Å². The van der Waals surface area contributed by atoms with Crippen molar-refractivity contribution in [2.45, 2.75) is 13.3 Å². The molecule has 3 N–H and O–H groups in total. The van der Waals surface area contributed by atoms with Gasteiger partial charge in [0.05, 0.1) is 6.54 Å². The van der Waals surface area contributed by atoms with E-state index in [1.807, 2.05) is 6.07 Å². The molecule has 0 bridgehead atoms. The second-order valence-corrected chi connectivity index (χ2v) is 6.29. The van der Waals surface area contributed by atoms with E-state index in [1.54, 1.807) is 36.4 Å². The average Bonchev–Trinajstić information content (AvgIpc) is 2.56. The Bertz CT molecular complexity index is 748. The Morgan fingerprint density at radius 3 is 2.32 bits per heavy atom. The molecule has 0 saturated carbocycles. The van der Waals surface area contributed by atoms with Crippen molar-refractivity contribution in [3.8, 4) is 0 Å². The lowest BCUT2D eigenvalue weighted by molar-refractivity contribution is -0.119. The van der Waals surface area contributed by atoms with Crippen molar-refractivity contribution in [1.29, 1.82) is 0 Å². The van der Waals surface area contributed by atoms with Crippen LogP contribution in [0.5, 0.6) is 0 Å². The monoisotopic (exact) mass is 379 g/mol. The molecule has 0 unspecified atom stereocenters. The minimum Gasteiger partial charge on any atom is -0.376 e. The quantitative estimate of drug-likeness (QED) is 0.686. The van der Waals surface area contributed by atoms with Crippen LogP contribution in [0.1, 0.15) is 12.5 Å². The highest BCUT2D eigenvalue weighted by molar-refractivity contribution is 6.35. The second-order valence-electron chi connectivity index (χ2n) is 5.45. The first-order valence-electron chi connectivity index (χ1n) is 7.76. The third-order valence-corrected chi connectivity index (χ3v) is 3.98. The van der Waals surface area contributed by atoms with Crippen molar-refractivity contribution in [2.75, 3.05) is 23.7 Å². The van der Waals surface area contributed by atoms with Crippen LogP contribution in [0.2, 0.25) is 10.0 Å². The summed E-state index contributed by atoms with van der Waals surface area (Å²) in [5, 5.41) is 9.72. The third-order valence-electron chi connectivity index (χ3n) is 3.39. The van der Waals surface area contributed by atoms with Crippen LogP contribution in [0.4, 0.5) is 11.4 Å². The van der Waals surface area contributed by atoms with Gasteiger partial charge in [0, 0.05) is 34.9 Å². The van der Waals surface area contributed by atoms with Gasteiger partial charge in [-0.1, -0.05) is 29.3 Å². The molecule has 2 aromatic carbocycles. The summed E-state index contributed by atoms with van der Waals surface area (Å²) >= 11 is 11.9. The number of carbonyl (C=O) groups is 2. The van der Waals surface area contributed by atoms with Crippen LogP contribution >= 0.6 is 23.2 Å². The lowest BCUT2D eigenvalue weighted by Crippen LogP contribution is -2.31. The molecule has 0 saturated heterocycles. The summed E-state index contributed by atoms with van der Waals surface area (Å²) in [7, 11) is 0. The zero-order chi connectivity index (χ0) is 18.2. The first-order valence-corrected chi connectivity index (χ1v) is 8.52. The van der Waals surface area contributed by atoms with E-state index < -0.39 is 0 Å². The number of halogens is 2. The third kappa shape index (κ3) is 6.64. The van der Waals surface area contributed by atoms with Crippen LogP contribution in [0.25, 0.3) is 0 Å². The molecule has 7 heteroatoms. The molecule has 132 valence electrons. The Balaban J connectivity index is 1.72. The molecular weight excluding hydrogens is 361 g/mol. The fourth-order valence-corrected chi connectivity index (χ4v) is 2.68. The number of nitrogens with one attached hydrogen (secondary N) is 3. The largest absolute Gasteiger partial charge is 0.376 e.